The van der Waals surface area contributed by atoms with Crippen molar-refractivity contribution in [1.29, 1.82) is 0 Å². The largest absolute Gasteiger partial charge is 0.506 e. The molecule has 0 aliphatic rings. The number of phenols is 1. The molecule has 3 aromatic carbocycles. The summed E-state index contributed by atoms with van der Waals surface area (Å²) in [6.45, 7) is 11.9. The zero-order valence-electron chi connectivity index (χ0n) is 23.3. The molecule has 2 N–H and O–H groups in total. The maximum atomic E-state index is 12.4. The first-order valence-electron chi connectivity index (χ1n) is 13.2. The fourth-order valence-corrected chi connectivity index (χ4v) is 4.29. The molecule has 0 atom stereocenters. The van der Waals surface area contributed by atoms with E-state index in [1.54, 1.807) is 13.3 Å². The second-order valence-corrected chi connectivity index (χ2v) is 9.95. The average molecular weight is 552 g/mol. The number of phenolic OH excluding ortho intramolecular Hbond substituents is 1. The van der Waals surface area contributed by atoms with E-state index in [-0.39, 0.29) is 16.3 Å². The summed E-state index contributed by atoms with van der Waals surface area (Å²) in [5.41, 5.74) is 6.93. The van der Waals surface area contributed by atoms with Gasteiger partial charge in [-0.2, -0.15) is 5.10 Å². The van der Waals surface area contributed by atoms with Crippen LogP contribution < -0.4 is 14.9 Å². The second kappa shape index (κ2) is 14.6. The van der Waals surface area contributed by atoms with E-state index in [1.807, 2.05) is 12.1 Å². The highest BCUT2D eigenvalue weighted by molar-refractivity contribution is 6.32. The Morgan fingerprint density at radius 1 is 1.10 bits per heavy atom. The second-order valence-electron chi connectivity index (χ2n) is 9.54. The van der Waals surface area contributed by atoms with E-state index < -0.39 is 5.91 Å². The lowest BCUT2D eigenvalue weighted by Gasteiger charge is -2.21. The molecule has 0 unspecified atom stereocenters. The molecule has 3 rings (SSSR count). The van der Waals surface area contributed by atoms with Gasteiger partial charge >= 0.3 is 0 Å². The van der Waals surface area contributed by atoms with Gasteiger partial charge in [0.15, 0.2) is 11.5 Å². The number of benzene rings is 3. The lowest BCUT2D eigenvalue weighted by Crippen LogP contribution is -2.25. The molecular weight excluding hydrogens is 514 g/mol. The fourth-order valence-electron chi connectivity index (χ4n) is 4.11. The Labute approximate surface area is 236 Å². The van der Waals surface area contributed by atoms with Crippen LogP contribution in [0.2, 0.25) is 5.02 Å². The number of nitrogens with zero attached hydrogens (tertiary/aromatic N) is 2. The molecule has 0 heterocycles. The van der Waals surface area contributed by atoms with E-state index in [1.165, 1.54) is 23.8 Å². The number of nitrogens with one attached hydrogen (secondary N) is 1. The molecule has 0 spiro atoms. The van der Waals surface area contributed by atoms with Crippen LogP contribution in [0.3, 0.4) is 0 Å². The minimum atomic E-state index is -0.440. The summed E-state index contributed by atoms with van der Waals surface area (Å²) in [6, 6.07) is 16.6. The third-order valence-electron chi connectivity index (χ3n) is 6.58. The van der Waals surface area contributed by atoms with Crippen molar-refractivity contribution in [1.82, 2.24) is 10.3 Å². The first-order valence-corrected chi connectivity index (χ1v) is 13.6. The number of carbonyl (C=O) groups excluding carboxylic acids is 1. The van der Waals surface area contributed by atoms with E-state index in [0.29, 0.717) is 24.0 Å². The van der Waals surface area contributed by atoms with E-state index in [4.69, 9.17) is 21.1 Å². The molecule has 0 aromatic heterocycles. The van der Waals surface area contributed by atoms with E-state index in [9.17, 15) is 9.90 Å². The molecule has 0 fully saturated rings. The molecule has 0 saturated carbocycles. The number of hydrazone groups is 1. The van der Waals surface area contributed by atoms with Gasteiger partial charge in [-0.15, -0.1) is 0 Å². The van der Waals surface area contributed by atoms with Gasteiger partial charge in [0.05, 0.1) is 18.3 Å². The predicted molar refractivity (Wildman–Crippen MR) is 158 cm³/mol. The molecular formula is C31H38ClN3O4. The Hall–Kier alpha value is -3.55. The number of likely N-dealkylation sites (N-methyl/N-ethyl adjacent to an activating group) is 1. The number of hydrogen-bond donors (Lipinski definition) is 2. The minimum absolute atomic E-state index is 0.0871. The number of methoxy groups -OCH3 is 1. The van der Waals surface area contributed by atoms with Crippen LogP contribution in [0.1, 0.15) is 66.2 Å². The van der Waals surface area contributed by atoms with Crippen molar-refractivity contribution in [3.05, 3.63) is 87.4 Å². The summed E-state index contributed by atoms with van der Waals surface area (Å²) < 4.78 is 12.1. The van der Waals surface area contributed by atoms with Gasteiger partial charge < -0.3 is 19.5 Å². The lowest BCUT2D eigenvalue weighted by molar-refractivity contribution is 0.0955. The van der Waals surface area contributed by atoms with Gasteiger partial charge in [-0.1, -0.05) is 63.6 Å². The number of amides is 1. The third-order valence-corrected chi connectivity index (χ3v) is 6.89. The summed E-state index contributed by atoms with van der Waals surface area (Å²) in [4.78, 5) is 14.8. The summed E-state index contributed by atoms with van der Waals surface area (Å²) in [5, 5.41) is 13.8. The molecule has 7 nitrogen and oxygen atoms in total. The summed E-state index contributed by atoms with van der Waals surface area (Å²) >= 11 is 5.91. The summed E-state index contributed by atoms with van der Waals surface area (Å²) in [5.74, 6) is 1.26. The SMILES string of the molecule is CCN(CC)CCc1cc(/C=N/NC(=O)c2ccc(O)c(Cl)c2)cc(OC)c1OCc1ccc(C(C)C)cc1. The number of aromatic hydroxyl groups is 1. The number of carbonyl (C=O) groups is 1. The highest BCUT2D eigenvalue weighted by Gasteiger charge is 2.15. The molecule has 39 heavy (non-hydrogen) atoms. The Morgan fingerprint density at radius 3 is 2.44 bits per heavy atom. The zero-order valence-corrected chi connectivity index (χ0v) is 24.1. The molecule has 0 bridgehead atoms. The van der Waals surface area contributed by atoms with Crippen LogP contribution >= 0.6 is 11.6 Å². The van der Waals surface area contributed by atoms with Crippen molar-refractivity contribution in [2.75, 3.05) is 26.7 Å². The Bertz CT molecular complexity index is 1270. The van der Waals surface area contributed by atoms with Gasteiger partial charge in [-0.05, 0) is 78.0 Å². The van der Waals surface area contributed by atoms with Crippen molar-refractivity contribution in [3.63, 3.8) is 0 Å². The van der Waals surface area contributed by atoms with Gasteiger partial charge in [0.1, 0.15) is 12.4 Å². The molecule has 3 aromatic rings. The van der Waals surface area contributed by atoms with E-state index >= 15 is 0 Å². The summed E-state index contributed by atoms with van der Waals surface area (Å²) in [6.07, 6.45) is 2.33. The molecule has 0 radical (unpaired) electrons. The van der Waals surface area contributed by atoms with Crippen molar-refractivity contribution >= 4 is 23.7 Å². The highest BCUT2D eigenvalue weighted by atomic mass is 35.5. The van der Waals surface area contributed by atoms with Crippen molar-refractivity contribution in [2.45, 2.75) is 46.6 Å². The van der Waals surface area contributed by atoms with Gasteiger partial charge in [0.2, 0.25) is 0 Å². The van der Waals surface area contributed by atoms with Gasteiger partial charge in [0, 0.05) is 12.1 Å². The molecule has 1 amide bonds. The third kappa shape index (κ3) is 8.47. The van der Waals surface area contributed by atoms with Crippen LogP contribution in [0.15, 0.2) is 59.7 Å². The van der Waals surface area contributed by atoms with Gasteiger partial charge in [-0.25, -0.2) is 5.43 Å². The monoisotopic (exact) mass is 551 g/mol. The minimum Gasteiger partial charge on any atom is -0.506 e. The number of halogens is 1. The number of hydrogen-bond acceptors (Lipinski definition) is 6. The highest BCUT2D eigenvalue weighted by Crippen LogP contribution is 2.34. The summed E-state index contributed by atoms with van der Waals surface area (Å²) in [7, 11) is 1.62. The molecule has 208 valence electrons. The lowest BCUT2D eigenvalue weighted by atomic mass is 10.0. The first-order chi connectivity index (χ1) is 18.7. The van der Waals surface area contributed by atoms with Crippen molar-refractivity contribution in [3.8, 4) is 17.2 Å². The normalized spacial score (nSPS) is 11.4. The van der Waals surface area contributed by atoms with Crippen LogP contribution in [0.25, 0.3) is 0 Å². The standard InChI is InChI=1S/C31H38ClN3O4/c1-6-35(7-2)15-14-25-16-23(19-33-34-31(37)26-12-13-28(36)27(32)18-26)17-29(38-5)30(25)39-20-22-8-10-24(11-9-22)21(3)4/h8-13,16-19,21,36H,6-7,14-15,20H2,1-5H3,(H,34,37)/b33-19+. The van der Waals surface area contributed by atoms with Crippen molar-refractivity contribution < 1.29 is 19.4 Å². The van der Waals surface area contributed by atoms with E-state index in [0.717, 1.165) is 42.7 Å². The van der Waals surface area contributed by atoms with Crippen LogP contribution in [-0.4, -0.2) is 48.9 Å². The van der Waals surface area contributed by atoms with E-state index in [2.05, 4.69) is 67.4 Å². The van der Waals surface area contributed by atoms with Crippen LogP contribution in [0.4, 0.5) is 0 Å². The van der Waals surface area contributed by atoms with Gasteiger partial charge in [-0.3, -0.25) is 4.79 Å². The maximum absolute atomic E-state index is 12.4. The Kier molecular flexibility index (Phi) is 11.2. The number of rotatable bonds is 13. The first kappa shape index (κ1) is 30.0. The Morgan fingerprint density at radius 2 is 1.82 bits per heavy atom. The van der Waals surface area contributed by atoms with Crippen molar-refractivity contribution in [2.24, 2.45) is 5.10 Å². The smallest absolute Gasteiger partial charge is 0.271 e. The predicted octanol–water partition coefficient (Wildman–Crippen LogP) is 6.40. The maximum Gasteiger partial charge on any atom is 0.271 e. The topological polar surface area (TPSA) is 83.4 Å². The number of ether oxygens (including phenoxy) is 2. The quantitative estimate of drug-likeness (QED) is 0.189. The Balaban J connectivity index is 1.82. The molecule has 0 saturated heterocycles. The zero-order chi connectivity index (χ0) is 28.4. The van der Waals surface area contributed by atoms with Crippen LogP contribution in [0, 0.1) is 0 Å². The average Bonchev–Trinajstić information content (AvgIpc) is 2.94. The molecule has 8 heteroatoms. The molecule has 0 aliphatic heterocycles. The van der Waals surface area contributed by atoms with Crippen LogP contribution in [-0.2, 0) is 13.0 Å². The molecule has 0 aliphatic carbocycles. The van der Waals surface area contributed by atoms with Crippen LogP contribution in [0.5, 0.6) is 17.2 Å². The fraction of sp³-hybridized carbons (Fsp3) is 0.355. The van der Waals surface area contributed by atoms with Gasteiger partial charge in [0.25, 0.3) is 5.91 Å².